The van der Waals surface area contributed by atoms with Gasteiger partial charge in [-0.25, -0.2) is 0 Å². The van der Waals surface area contributed by atoms with Gasteiger partial charge in [0.2, 0.25) is 11.8 Å². The van der Waals surface area contributed by atoms with E-state index in [1.54, 1.807) is 29.2 Å². The molecule has 1 aliphatic rings. The maximum absolute atomic E-state index is 12.7. The molecule has 1 fully saturated rings. The molecule has 2 aromatic carbocycles. The van der Waals surface area contributed by atoms with E-state index >= 15 is 0 Å². The number of amides is 2. The Morgan fingerprint density at radius 2 is 1.74 bits per heavy atom. The van der Waals surface area contributed by atoms with E-state index in [1.165, 1.54) is 6.92 Å². The Hall–Kier alpha value is -2.95. The van der Waals surface area contributed by atoms with Gasteiger partial charge in [-0.2, -0.15) is 0 Å². The summed E-state index contributed by atoms with van der Waals surface area (Å²) in [5.74, 6) is -0.342. The van der Waals surface area contributed by atoms with Crippen molar-refractivity contribution >= 4 is 29.0 Å². The van der Waals surface area contributed by atoms with Crippen LogP contribution in [0.2, 0.25) is 0 Å². The van der Waals surface area contributed by atoms with Crippen molar-refractivity contribution in [2.45, 2.75) is 33.1 Å². The summed E-state index contributed by atoms with van der Waals surface area (Å²) in [6.45, 7) is 6.01. The zero-order chi connectivity index (χ0) is 19.6. The number of Topliss-reactive ketones (excluding diaryl/α,β-unsaturated/α-hetero) is 1. The van der Waals surface area contributed by atoms with E-state index in [-0.39, 0.29) is 24.0 Å². The minimum atomic E-state index is -0.398. The smallest absolute Gasteiger partial charge is 0.229 e. The molecule has 1 aliphatic heterocycles. The van der Waals surface area contributed by atoms with Crippen molar-refractivity contribution in [3.63, 3.8) is 0 Å². The van der Waals surface area contributed by atoms with Crippen LogP contribution in [0.25, 0.3) is 0 Å². The van der Waals surface area contributed by atoms with Gasteiger partial charge in [0, 0.05) is 29.9 Å². The van der Waals surface area contributed by atoms with Gasteiger partial charge in [0.1, 0.15) is 0 Å². The highest BCUT2D eigenvalue weighted by molar-refractivity contribution is 6.04. The van der Waals surface area contributed by atoms with E-state index in [9.17, 15) is 14.4 Å². The first kappa shape index (κ1) is 18.8. The van der Waals surface area contributed by atoms with Gasteiger partial charge in [0.15, 0.2) is 5.78 Å². The summed E-state index contributed by atoms with van der Waals surface area (Å²) in [6.07, 6.45) is 0.185. The first-order valence-electron chi connectivity index (χ1n) is 9.18. The molecule has 1 unspecified atom stereocenters. The zero-order valence-electron chi connectivity index (χ0n) is 15.9. The van der Waals surface area contributed by atoms with Crippen LogP contribution in [-0.2, 0) is 9.59 Å². The summed E-state index contributed by atoms with van der Waals surface area (Å²) in [5, 5.41) is 2.99. The van der Waals surface area contributed by atoms with Crippen LogP contribution >= 0.6 is 0 Å². The van der Waals surface area contributed by atoms with Crippen molar-refractivity contribution < 1.29 is 14.4 Å². The Bertz CT molecular complexity index is 871. The van der Waals surface area contributed by atoms with Crippen LogP contribution in [0, 0.1) is 5.92 Å². The number of carbonyl (C=O) groups excluding carboxylic acids is 3. The Labute approximate surface area is 159 Å². The molecule has 2 amide bonds. The molecule has 5 heteroatoms. The van der Waals surface area contributed by atoms with Crippen LogP contribution in [0.5, 0.6) is 0 Å². The number of benzene rings is 2. The van der Waals surface area contributed by atoms with Gasteiger partial charge in [0.25, 0.3) is 0 Å². The molecule has 0 bridgehead atoms. The molecule has 1 N–H and O–H groups in total. The Morgan fingerprint density at radius 3 is 2.37 bits per heavy atom. The summed E-state index contributed by atoms with van der Waals surface area (Å²) in [6, 6.07) is 14.7. The molecule has 5 nitrogen and oxygen atoms in total. The van der Waals surface area contributed by atoms with Crippen LogP contribution in [0.1, 0.15) is 49.0 Å². The summed E-state index contributed by atoms with van der Waals surface area (Å²) >= 11 is 0. The van der Waals surface area contributed by atoms with Crippen molar-refractivity contribution in [1.82, 2.24) is 0 Å². The highest BCUT2D eigenvalue weighted by atomic mass is 16.2. The predicted molar refractivity (Wildman–Crippen MR) is 106 cm³/mol. The predicted octanol–water partition coefficient (Wildman–Crippen LogP) is 4.00. The maximum atomic E-state index is 12.7. The Kier molecular flexibility index (Phi) is 5.40. The minimum absolute atomic E-state index is 0.0182. The van der Waals surface area contributed by atoms with Crippen molar-refractivity contribution in [1.29, 1.82) is 0 Å². The Balaban J connectivity index is 1.71. The molecular weight excluding hydrogens is 340 g/mol. The number of hydrogen-bond donors (Lipinski definition) is 1. The first-order chi connectivity index (χ1) is 12.9. The number of anilines is 2. The average Bonchev–Trinajstić information content (AvgIpc) is 3.04. The molecule has 0 radical (unpaired) electrons. The van der Waals surface area contributed by atoms with Gasteiger partial charge in [-0.05, 0) is 48.7 Å². The third kappa shape index (κ3) is 4.08. The summed E-state index contributed by atoms with van der Waals surface area (Å²) < 4.78 is 0. The quantitative estimate of drug-likeness (QED) is 0.816. The second-order valence-electron chi connectivity index (χ2n) is 7.24. The summed E-state index contributed by atoms with van der Waals surface area (Å²) in [4.78, 5) is 38.1. The summed E-state index contributed by atoms with van der Waals surface area (Å²) in [5.41, 5.74) is 3.19. The van der Waals surface area contributed by atoms with Crippen LogP contribution < -0.4 is 10.2 Å². The van der Waals surface area contributed by atoms with Gasteiger partial charge in [-0.1, -0.05) is 32.0 Å². The molecule has 1 saturated heterocycles. The van der Waals surface area contributed by atoms with Crippen LogP contribution in [0.15, 0.2) is 48.5 Å². The van der Waals surface area contributed by atoms with Crippen LogP contribution in [-0.4, -0.2) is 24.1 Å². The van der Waals surface area contributed by atoms with E-state index in [0.29, 0.717) is 23.7 Å². The number of carbonyl (C=O) groups is 3. The molecule has 0 aliphatic carbocycles. The molecule has 0 saturated carbocycles. The average molecular weight is 364 g/mol. The van der Waals surface area contributed by atoms with Gasteiger partial charge < -0.3 is 10.2 Å². The Morgan fingerprint density at radius 1 is 1.07 bits per heavy atom. The van der Waals surface area contributed by atoms with Crippen molar-refractivity contribution in [2.24, 2.45) is 5.92 Å². The van der Waals surface area contributed by atoms with Crippen molar-refractivity contribution in [3.05, 3.63) is 59.7 Å². The lowest BCUT2D eigenvalue weighted by molar-refractivity contribution is -0.122. The lowest BCUT2D eigenvalue weighted by Gasteiger charge is -2.18. The lowest BCUT2D eigenvalue weighted by Crippen LogP contribution is -2.28. The molecule has 0 spiro atoms. The molecule has 27 heavy (non-hydrogen) atoms. The second kappa shape index (κ2) is 7.74. The van der Waals surface area contributed by atoms with Gasteiger partial charge in [0.05, 0.1) is 5.92 Å². The fraction of sp³-hybridized carbons (Fsp3) is 0.318. The topological polar surface area (TPSA) is 66.5 Å². The van der Waals surface area contributed by atoms with Gasteiger partial charge >= 0.3 is 0 Å². The van der Waals surface area contributed by atoms with E-state index < -0.39 is 5.92 Å². The summed E-state index contributed by atoms with van der Waals surface area (Å²) in [7, 11) is 0. The highest BCUT2D eigenvalue weighted by Crippen LogP contribution is 2.28. The van der Waals surface area contributed by atoms with Gasteiger partial charge in [-0.3, -0.25) is 14.4 Å². The monoisotopic (exact) mass is 364 g/mol. The fourth-order valence-corrected chi connectivity index (χ4v) is 3.36. The molecule has 2 aromatic rings. The highest BCUT2D eigenvalue weighted by Gasteiger charge is 2.35. The van der Waals surface area contributed by atoms with E-state index in [2.05, 4.69) is 19.2 Å². The van der Waals surface area contributed by atoms with E-state index in [4.69, 9.17) is 0 Å². The number of nitrogens with one attached hydrogen (secondary N) is 1. The molecule has 1 atom stereocenters. The first-order valence-corrected chi connectivity index (χ1v) is 9.18. The fourth-order valence-electron chi connectivity index (χ4n) is 3.36. The van der Waals surface area contributed by atoms with E-state index in [0.717, 1.165) is 11.3 Å². The van der Waals surface area contributed by atoms with Crippen molar-refractivity contribution in [3.8, 4) is 0 Å². The standard InChI is InChI=1S/C22H24N2O3/c1-14(2)19-6-4-5-7-20(19)23-22(27)17-12-21(26)24(13-17)18-10-8-16(9-11-18)15(3)25/h4-11,14,17H,12-13H2,1-3H3,(H,23,27). The van der Waals surface area contributed by atoms with Crippen LogP contribution in [0.3, 0.4) is 0 Å². The minimum Gasteiger partial charge on any atom is -0.326 e. The third-order valence-electron chi connectivity index (χ3n) is 4.92. The molecule has 0 aromatic heterocycles. The number of para-hydroxylation sites is 1. The normalized spacial score (nSPS) is 16.7. The SMILES string of the molecule is CC(=O)c1ccc(N2CC(C(=O)Nc3ccccc3C(C)C)CC2=O)cc1. The molecular formula is C22H24N2O3. The van der Waals surface area contributed by atoms with Crippen LogP contribution in [0.4, 0.5) is 11.4 Å². The number of hydrogen-bond acceptors (Lipinski definition) is 3. The lowest BCUT2D eigenvalue weighted by atomic mass is 10.0. The van der Waals surface area contributed by atoms with E-state index in [1.807, 2.05) is 24.3 Å². The largest absolute Gasteiger partial charge is 0.326 e. The van der Waals surface area contributed by atoms with Gasteiger partial charge in [-0.15, -0.1) is 0 Å². The molecule has 3 rings (SSSR count). The number of rotatable bonds is 5. The molecule has 1 heterocycles. The number of ketones is 1. The third-order valence-corrected chi connectivity index (χ3v) is 4.92. The second-order valence-corrected chi connectivity index (χ2v) is 7.24. The number of nitrogens with zero attached hydrogens (tertiary/aromatic N) is 1. The molecule has 140 valence electrons. The maximum Gasteiger partial charge on any atom is 0.229 e. The van der Waals surface area contributed by atoms with Crippen molar-refractivity contribution in [2.75, 3.05) is 16.8 Å². The zero-order valence-corrected chi connectivity index (χ0v) is 15.9.